The van der Waals surface area contributed by atoms with Gasteiger partial charge in [-0.25, -0.2) is 0 Å². The van der Waals surface area contributed by atoms with E-state index in [0.29, 0.717) is 5.56 Å². The van der Waals surface area contributed by atoms with Gasteiger partial charge in [0.25, 0.3) is 0 Å². The Hall–Kier alpha value is -1.34. The molecule has 0 amide bonds. The highest BCUT2D eigenvalue weighted by Gasteiger charge is 2.24. The van der Waals surface area contributed by atoms with Crippen LogP contribution in [0.3, 0.4) is 0 Å². The average molecular weight is 177 g/mol. The molecule has 1 aliphatic carbocycles. The van der Waals surface area contributed by atoms with Crippen LogP contribution < -0.4 is 0 Å². The molecule has 0 aromatic carbocycles. The first-order chi connectivity index (χ1) is 6.29. The second-order valence-electron chi connectivity index (χ2n) is 3.44. The van der Waals surface area contributed by atoms with E-state index < -0.39 is 0 Å². The van der Waals surface area contributed by atoms with Crippen molar-refractivity contribution < 1.29 is 5.11 Å². The quantitative estimate of drug-likeness (QED) is 0.691. The SMILES string of the molecule is N#Cc1cnn(C2CCC(O)C2)c1. The Morgan fingerprint density at radius 2 is 2.46 bits per heavy atom. The van der Waals surface area contributed by atoms with Crippen molar-refractivity contribution in [3.05, 3.63) is 18.0 Å². The van der Waals surface area contributed by atoms with Crippen molar-refractivity contribution in [2.24, 2.45) is 0 Å². The van der Waals surface area contributed by atoms with Crippen LogP contribution in [-0.2, 0) is 0 Å². The molecule has 0 bridgehead atoms. The summed E-state index contributed by atoms with van der Waals surface area (Å²) in [4.78, 5) is 0. The minimum atomic E-state index is -0.195. The summed E-state index contributed by atoms with van der Waals surface area (Å²) in [5.41, 5.74) is 0.585. The van der Waals surface area contributed by atoms with E-state index in [1.165, 1.54) is 0 Å². The Morgan fingerprint density at radius 3 is 3.00 bits per heavy atom. The Labute approximate surface area is 76.4 Å². The van der Waals surface area contributed by atoms with Gasteiger partial charge in [-0.1, -0.05) is 0 Å². The number of rotatable bonds is 1. The van der Waals surface area contributed by atoms with Gasteiger partial charge in [-0.3, -0.25) is 4.68 Å². The zero-order valence-electron chi connectivity index (χ0n) is 7.22. The van der Waals surface area contributed by atoms with Gasteiger partial charge in [0.05, 0.1) is 23.9 Å². The Morgan fingerprint density at radius 1 is 1.62 bits per heavy atom. The number of aromatic nitrogens is 2. The van der Waals surface area contributed by atoms with Crippen LogP contribution in [0.2, 0.25) is 0 Å². The van der Waals surface area contributed by atoms with E-state index in [4.69, 9.17) is 5.26 Å². The Kier molecular flexibility index (Phi) is 2.03. The predicted molar refractivity (Wildman–Crippen MR) is 45.8 cm³/mol. The largest absolute Gasteiger partial charge is 0.393 e. The van der Waals surface area contributed by atoms with E-state index in [2.05, 4.69) is 5.10 Å². The van der Waals surface area contributed by atoms with Crippen LogP contribution in [0, 0.1) is 11.3 Å². The lowest BCUT2D eigenvalue weighted by atomic mass is 10.2. The predicted octanol–water partition coefficient (Wildman–Crippen LogP) is 0.841. The molecule has 1 aromatic heterocycles. The third-order valence-electron chi connectivity index (χ3n) is 2.48. The molecule has 1 aromatic rings. The molecule has 2 unspecified atom stereocenters. The summed E-state index contributed by atoms with van der Waals surface area (Å²) in [5.74, 6) is 0. The lowest BCUT2D eigenvalue weighted by molar-refractivity contribution is 0.177. The molecular weight excluding hydrogens is 166 g/mol. The maximum Gasteiger partial charge on any atom is 0.102 e. The maximum atomic E-state index is 9.32. The molecule has 1 saturated carbocycles. The molecule has 0 radical (unpaired) electrons. The van der Waals surface area contributed by atoms with Gasteiger partial charge < -0.3 is 5.11 Å². The van der Waals surface area contributed by atoms with Crippen molar-refractivity contribution in [2.45, 2.75) is 31.4 Å². The lowest BCUT2D eigenvalue weighted by Gasteiger charge is -2.08. The molecule has 2 atom stereocenters. The topological polar surface area (TPSA) is 61.8 Å². The number of aliphatic hydroxyl groups is 1. The second kappa shape index (κ2) is 3.19. The van der Waals surface area contributed by atoms with Crippen molar-refractivity contribution >= 4 is 0 Å². The van der Waals surface area contributed by atoms with Crippen LogP contribution in [-0.4, -0.2) is 21.0 Å². The van der Waals surface area contributed by atoms with Gasteiger partial charge >= 0.3 is 0 Å². The number of nitrogens with zero attached hydrogens (tertiary/aromatic N) is 3. The molecule has 1 aliphatic rings. The summed E-state index contributed by atoms with van der Waals surface area (Å²) < 4.78 is 1.79. The number of aliphatic hydroxyl groups excluding tert-OH is 1. The van der Waals surface area contributed by atoms with Gasteiger partial charge in [-0.05, 0) is 19.3 Å². The minimum Gasteiger partial charge on any atom is -0.393 e. The van der Waals surface area contributed by atoms with Crippen LogP contribution >= 0.6 is 0 Å². The smallest absolute Gasteiger partial charge is 0.102 e. The van der Waals surface area contributed by atoms with Gasteiger partial charge in [0, 0.05) is 6.20 Å². The summed E-state index contributed by atoms with van der Waals surface area (Å²) in [5, 5.41) is 22.0. The van der Waals surface area contributed by atoms with Crippen LogP contribution in [0.15, 0.2) is 12.4 Å². The Balaban J connectivity index is 2.13. The molecule has 68 valence electrons. The lowest BCUT2D eigenvalue weighted by Crippen LogP contribution is -2.07. The zero-order valence-corrected chi connectivity index (χ0v) is 7.22. The molecule has 0 aliphatic heterocycles. The second-order valence-corrected chi connectivity index (χ2v) is 3.44. The standard InChI is InChI=1S/C9H11N3O/c10-4-7-5-11-12(6-7)8-1-2-9(13)3-8/h5-6,8-9,13H,1-3H2. The number of hydrogen-bond acceptors (Lipinski definition) is 3. The molecular formula is C9H11N3O. The highest BCUT2D eigenvalue weighted by atomic mass is 16.3. The van der Waals surface area contributed by atoms with Gasteiger partial charge in [0.15, 0.2) is 0 Å². The van der Waals surface area contributed by atoms with Crippen molar-refractivity contribution in [3.63, 3.8) is 0 Å². The van der Waals surface area contributed by atoms with E-state index in [9.17, 15) is 5.11 Å². The fourth-order valence-corrected chi connectivity index (χ4v) is 1.77. The number of hydrogen-bond donors (Lipinski definition) is 1. The molecule has 1 fully saturated rings. The van der Waals surface area contributed by atoms with Gasteiger partial charge in [0.1, 0.15) is 6.07 Å². The van der Waals surface area contributed by atoms with Gasteiger partial charge in [-0.2, -0.15) is 10.4 Å². The van der Waals surface area contributed by atoms with Crippen molar-refractivity contribution in [3.8, 4) is 6.07 Å². The molecule has 4 nitrogen and oxygen atoms in total. The van der Waals surface area contributed by atoms with E-state index in [1.54, 1.807) is 17.1 Å². The van der Waals surface area contributed by atoms with Crippen molar-refractivity contribution in [1.82, 2.24) is 9.78 Å². The fraction of sp³-hybridized carbons (Fsp3) is 0.556. The van der Waals surface area contributed by atoms with E-state index in [-0.39, 0.29) is 12.1 Å². The number of nitriles is 1. The normalized spacial score (nSPS) is 27.4. The molecule has 0 spiro atoms. The highest BCUT2D eigenvalue weighted by Crippen LogP contribution is 2.29. The average Bonchev–Trinajstić information content (AvgIpc) is 2.71. The third kappa shape index (κ3) is 1.56. The first-order valence-electron chi connectivity index (χ1n) is 4.42. The van der Waals surface area contributed by atoms with E-state index in [0.717, 1.165) is 19.3 Å². The summed E-state index contributed by atoms with van der Waals surface area (Å²) >= 11 is 0. The monoisotopic (exact) mass is 177 g/mol. The fourth-order valence-electron chi connectivity index (χ4n) is 1.77. The molecule has 1 heterocycles. The minimum absolute atomic E-state index is 0.195. The molecule has 2 rings (SSSR count). The van der Waals surface area contributed by atoms with Crippen LogP contribution in [0.1, 0.15) is 30.9 Å². The summed E-state index contributed by atoms with van der Waals surface area (Å²) in [6.45, 7) is 0. The first-order valence-corrected chi connectivity index (χ1v) is 4.42. The van der Waals surface area contributed by atoms with Gasteiger partial charge in [-0.15, -0.1) is 0 Å². The molecule has 0 saturated heterocycles. The Bertz CT molecular complexity index is 339. The summed E-state index contributed by atoms with van der Waals surface area (Å²) in [6, 6.07) is 2.31. The van der Waals surface area contributed by atoms with E-state index in [1.807, 2.05) is 6.07 Å². The summed E-state index contributed by atoms with van der Waals surface area (Å²) in [7, 11) is 0. The highest BCUT2D eigenvalue weighted by molar-refractivity contribution is 5.21. The molecule has 13 heavy (non-hydrogen) atoms. The van der Waals surface area contributed by atoms with Crippen molar-refractivity contribution in [2.75, 3.05) is 0 Å². The van der Waals surface area contributed by atoms with Crippen LogP contribution in [0.25, 0.3) is 0 Å². The van der Waals surface area contributed by atoms with Gasteiger partial charge in [0.2, 0.25) is 0 Å². The van der Waals surface area contributed by atoms with Crippen LogP contribution in [0.5, 0.6) is 0 Å². The van der Waals surface area contributed by atoms with Crippen LogP contribution in [0.4, 0.5) is 0 Å². The zero-order chi connectivity index (χ0) is 9.26. The summed E-state index contributed by atoms with van der Waals surface area (Å²) in [6.07, 6.45) is 5.65. The molecule has 1 N–H and O–H groups in total. The maximum absolute atomic E-state index is 9.32. The third-order valence-corrected chi connectivity index (χ3v) is 2.48. The molecule has 4 heteroatoms. The first kappa shape index (κ1) is 8.27. The van der Waals surface area contributed by atoms with Crippen molar-refractivity contribution in [1.29, 1.82) is 5.26 Å². The van der Waals surface area contributed by atoms with E-state index >= 15 is 0 Å².